The molecule has 1 heterocycles. The van der Waals surface area contributed by atoms with E-state index in [2.05, 4.69) is 34.3 Å². The third-order valence-electron chi connectivity index (χ3n) is 6.29. The summed E-state index contributed by atoms with van der Waals surface area (Å²) in [6, 6.07) is 5.31. The molecule has 0 spiro atoms. The second-order valence-electron chi connectivity index (χ2n) is 8.00. The minimum absolute atomic E-state index is 0.167. The molecule has 0 radical (unpaired) electrons. The van der Waals surface area contributed by atoms with Gasteiger partial charge in [0.25, 0.3) is 5.56 Å². The van der Waals surface area contributed by atoms with Crippen molar-refractivity contribution in [2.24, 2.45) is 11.8 Å². The van der Waals surface area contributed by atoms with E-state index in [1.165, 1.54) is 0 Å². The quantitative estimate of drug-likeness (QED) is 0.684. The number of rotatable bonds is 4. The van der Waals surface area contributed by atoms with E-state index in [1.54, 1.807) is 18.2 Å². The molecule has 1 fully saturated rings. The van der Waals surface area contributed by atoms with Gasteiger partial charge in [0, 0.05) is 27.7 Å². The number of H-pyrrole nitrogens is 2. The Morgan fingerprint density at radius 3 is 2.31 bits per heavy atom. The maximum atomic E-state index is 12.7. The topological polar surface area (TPSA) is 65.7 Å². The van der Waals surface area contributed by atoms with Crippen molar-refractivity contribution in [1.29, 1.82) is 0 Å². The highest BCUT2D eigenvalue weighted by atomic mass is 35.5. The number of aromatic nitrogens is 2. The molecule has 2 N–H and O–H groups in total. The number of allylic oxidation sites excluding steroid dienone is 4. The first-order valence-corrected chi connectivity index (χ1v) is 10.9. The van der Waals surface area contributed by atoms with Gasteiger partial charge in [-0.1, -0.05) is 53.6 Å². The predicted octanol–water partition coefficient (Wildman–Crippen LogP) is 5.37. The fraction of sp³-hybridized carbons (Fsp3) is 0.391. The van der Waals surface area contributed by atoms with Crippen molar-refractivity contribution in [2.45, 2.75) is 44.4 Å². The van der Waals surface area contributed by atoms with Crippen LogP contribution in [0, 0.1) is 11.8 Å². The van der Waals surface area contributed by atoms with Crippen LogP contribution in [0.15, 0.2) is 52.1 Å². The molecular formula is C23H24Cl2N2O2. The van der Waals surface area contributed by atoms with Crippen LogP contribution in [0.25, 0.3) is 0 Å². The first-order chi connectivity index (χ1) is 14.0. The summed E-state index contributed by atoms with van der Waals surface area (Å²) in [5.41, 5.74) is 1.20. The Morgan fingerprint density at radius 1 is 0.931 bits per heavy atom. The molecule has 0 amide bonds. The molecular weight excluding hydrogens is 407 g/mol. The zero-order chi connectivity index (χ0) is 20.4. The minimum atomic E-state index is -0.457. The molecule has 152 valence electrons. The van der Waals surface area contributed by atoms with Crippen molar-refractivity contribution in [3.63, 3.8) is 0 Å². The summed E-state index contributed by atoms with van der Waals surface area (Å²) >= 11 is 12.7. The van der Waals surface area contributed by atoms with Crippen molar-refractivity contribution >= 4 is 23.2 Å². The number of hydrogen-bond donors (Lipinski definition) is 2. The van der Waals surface area contributed by atoms with Crippen molar-refractivity contribution in [3.8, 4) is 0 Å². The van der Waals surface area contributed by atoms with Crippen LogP contribution < -0.4 is 11.2 Å². The third kappa shape index (κ3) is 4.44. The first kappa shape index (κ1) is 20.2. The van der Waals surface area contributed by atoms with Crippen molar-refractivity contribution in [2.75, 3.05) is 0 Å². The second-order valence-corrected chi connectivity index (χ2v) is 8.82. The zero-order valence-electron chi connectivity index (χ0n) is 16.1. The van der Waals surface area contributed by atoms with E-state index in [0.29, 0.717) is 39.4 Å². The van der Waals surface area contributed by atoms with E-state index >= 15 is 0 Å². The Bertz CT molecular complexity index is 1040. The predicted molar refractivity (Wildman–Crippen MR) is 118 cm³/mol. The molecule has 6 heteroatoms. The molecule has 1 aromatic heterocycles. The van der Waals surface area contributed by atoms with Gasteiger partial charge in [-0.05, 0) is 67.6 Å². The standard InChI is InChI=1S/C23H24Cl2N2O2/c24-19-7-4-8-20(25)17(19)13-18-21(26-23(29)27-22(18)28)16-11-9-15(10-12-16)14-5-2-1-3-6-14/h1-5,7-8,14-16H,6,9-13H2,(H2,26,27,28,29). The van der Waals surface area contributed by atoms with E-state index in [-0.39, 0.29) is 11.5 Å². The lowest BCUT2D eigenvalue weighted by Crippen LogP contribution is -2.31. The Balaban J connectivity index is 1.59. The molecule has 29 heavy (non-hydrogen) atoms. The van der Waals surface area contributed by atoms with Gasteiger partial charge in [-0.15, -0.1) is 0 Å². The van der Waals surface area contributed by atoms with E-state index in [0.717, 1.165) is 37.8 Å². The van der Waals surface area contributed by atoms with E-state index < -0.39 is 5.69 Å². The van der Waals surface area contributed by atoms with Crippen LogP contribution in [-0.2, 0) is 6.42 Å². The fourth-order valence-corrected chi connectivity index (χ4v) is 5.25. The Hall–Kier alpha value is -2.04. The van der Waals surface area contributed by atoms with Crippen LogP contribution in [-0.4, -0.2) is 9.97 Å². The monoisotopic (exact) mass is 430 g/mol. The van der Waals surface area contributed by atoms with Gasteiger partial charge in [0.05, 0.1) is 0 Å². The smallest absolute Gasteiger partial charge is 0.311 e. The van der Waals surface area contributed by atoms with Gasteiger partial charge in [-0.25, -0.2) is 4.79 Å². The number of aromatic amines is 2. The normalized spacial score (nSPS) is 24.0. The van der Waals surface area contributed by atoms with Gasteiger partial charge in [0.1, 0.15) is 0 Å². The Labute approximate surface area is 179 Å². The Morgan fingerprint density at radius 2 is 1.66 bits per heavy atom. The number of hydrogen-bond acceptors (Lipinski definition) is 2. The summed E-state index contributed by atoms with van der Waals surface area (Å²) < 4.78 is 0. The minimum Gasteiger partial charge on any atom is -0.311 e. The van der Waals surface area contributed by atoms with Crippen LogP contribution in [0.1, 0.15) is 54.8 Å². The summed E-state index contributed by atoms with van der Waals surface area (Å²) in [5.74, 6) is 1.42. The second kappa shape index (κ2) is 8.76. The summed E-state index contributed by atoms with van der Waals surface area (Å²) in [5, 5.41) is 1.05. The molecule has 2 aliphatic carbocycles. The highest BCUT2D eigenvalue weighted by molar-refractivity contribution is 6.36. The lowest BCUT2D eigenvalue weighted by atomic mass is 9.72. The van der Waals surface area contributed by atoms with Crippen LogP contribution in [0.5, 0.6) is 0 Å². The van der Waals surface area contributed by atoms with Gasteiger partial charge in [-0.2, -0.15) is 0 Å². The molecule has 1 saturated carbocycles. The zero-order valence-corrected chi connectivity index (χ0v) is 17.6. The average molecular weight is 431 g/mol. The van der Waals surface area contributed by atoms with Crippen molar-refractivity contribution < 1.29 is 0 Å². The number of benzene rings is 1. The molecule has 0 aliphatic heterocycles. The SMILES string of the molecule is O=c1[nH]c(C2CCC(C3C=CC=CC3)CC2)c(Cc2c(Cl)cccc2Cl)c(=O)[nH]1. The van der Waals surface area contributed by atoms with E-state index in [4.69, 9.17) is 23.2 Å². The highest BCUT2D eigenvalue weighted by Gasteiger charge is 2.29. The van der Waals surface area contributed by atoms with Gasteiger partial charge < -0.3 is 4.98 Å². The highest BCUT2D eigenvalue weighted by Crippen LogP contribution is 2.41. The molecule has 1 aromatic carbocycles. The molecule has 0 saturated heterocycles. The van der Waals surface area contributed by atoms with Gasteiger partial charge in [0.15, 0.2) is 0 Å². The summed E-state index contributed by atoms with van der Waals surface area (Å²) in [6.07, 6.45) is 14.3. The van der Waals surface area contributed by atoms with Gasteiger partial charge in [0.2, 0.25) is 0 Å². The van der Waals surface area contributed by atoms with Gasteiger partial charge >= 0.3 is 5.69 Å². The molecule has 0 bridgehead atoms. The van der Waals surface area contributed by atoms with Crippen LogP contribution in [0.3, 0.4) is 0 Å². The Kier molecular flexibility index (Phi) is 6.12. The summed E-state index contributed by atoms with van der Waals surface area (Å²) in [6.45, 7) is 0. The van der Waals surface area contributed by atoms with Gasteiger partial charge in [-0.3, -0.25) is 9.78 Å². The molecule has 1 unspecified atom stereocenters. The lowest BCUT2D eigenvalue weighted by Gasteiger charge is -2.33. The summed E-state index contributed by atoms with van der Waals surface area (Å²) in [4.78, 5) is 30.0. The molecule has 1 atom stereocenters. The maximum Gasteiger partial charge on any atom is 0.325 e. The lowest BCUT2D eigenvalue weighted by molar-refractivity contribution is 0.262. The fourth-order valence-electron chi connectivity index (χ4n) is 4.72. The molecule has 4 nitrogen and oxygen atoms in total. The van der Waals surface area contributed by atoms with Crippen LogP contribution >= 0.6 is 23.2 Å². The van der Waals surface area contributed by atoms with Crippen molar-refractivity contribution in [1.82, 2.24) is 9.97 Å². The maximum absolute atomic E-state index is 12.7. The van der Waals surface area contributed by atoms with Crippen LogP contribution in [0.2, 0.25) is 10.0 Å². The third-order valence-corrected chi connectivity index (χ3v) is 7.00. The van der Waals surface area contributed by atoms with Crippen LogP contribution in [0.4, 0.5) is 0 Å². The number of nitrogens with one attached hydrogen (secondary N) is 2. The average Bonchev–Trinajstić information content (AvgIpc) is 2.72. The molecule has 2 aliphatic rings. The van der Waals surface area contributed by atoms with E-state index in [9.17, 15) is 9.59 Å². The summed E-state index contributed by atoms with van der Waals surface area (Å²) in [7, 11) is 0. The number of halogens is 2. The molecule has 4 rings (SSSR count). The molecule has 2 aromatic rings. The first-order valence-electron chi connectivity index (χ1n) is 10.1. The largest absolute Gasteiger partial charge is 0.325 e. The van der Waals surface area contributed by atoms with E-state index in [1.807, 2.05) is 0 Å². The van der Waals surface area contributed by atoms with Crippen molar-refractivity contribution in [3.05, 3.63) is 90.2 Å².